The van der Waals surface area contributed by atoms with Crippen molar-refractivity contribution >= 4 is 28.8 Å². The van der Waals surface area contributed by atoms with Crippen LogP contribution in [0.3, 0.4) is 0 Å². The molecule has 4 heterocycles. The Morgan fingerprint density at radius 3 is 2.42 bits per heavy atom. The van der Waals surface area contributed by atoms with Crippen molar-refractivity contribution < 1.29 is 19.1 Å². The van der Waals surface area contributed by atoms with Gasteiger partial charge in [0.25, 0.3) is 11.5 Å². The number of pyridine rings is 1. The quantitative estimate of drug-likeness (QED) is 0.459. The van der Waals surface area contributed by atoms with Gasteiger partial charge in [-0.05, 0) is 63.5 Å². The SMILES string of the molecule is CNC(=O)OC(CN1CCC(N(C)C(C)=O)C1)CN1[C@@H]2CC[C@H]1C[C@H](NC(=O)c1cc3ccccc3n(C(C)C)c1=O)C2. The molecule has 1 aromatic heterocycles. The number of benzene rings is 1. The first-order valence-electron chi connectivity index (χ1n) is 15.6. The van der Waals surface area contributed by atoms with Gasteiger partial charge >= 0.3 is 6.09 Å². The van der Waals surface area contributed by atoms with Gasteiger partial charge in [0.05, 0.1) is 5.52 Å². The molecule has 3 saturated heterocycles. The zero-order valence-electron chi connectivity index (χ0n) is 26.0. The Balaban J connectivity index is 1.24. The lowest BCUT2D eigenvalue weighted by molar-refractivity contribution is -0.129. The lowest BCUT2D eigenvalue weighted by Crippen LogP contribution is -2.54. The number of alkyl carbamates (subject to hydrolysis) is 1. The van der Waals surface area contributed by atoms with Crippen molar-refractivity contribution in [3.8, 4) is 0 Å². The summed E-state index contributed by atoms with van der Waals surface area (Å²) in [5, 5.41) is 6.64. The second kappa shape index (κ2) is 13.1. The third-order valence-electron chi connectivity index (χ3n) is 9.57. The minimum atomic E-state index is -0.446. The molecule has 2 unspecified atom stereocenters. The number of carbonyl (C=O) groups excluding carboxylic acids is 3. The summed E-state index contributed by atoms with van der Waals surface area (Å²) in [5.74, 6) is -0.259. The van der Waals surface area contributed by atoms with Gasteiger partial charge in [-0.2, -0.15) is 0 Å². The Bertz CT molecular complexity index is 1390. The molecule has 2 bridgehead atoms. The normalized spacial score (nSPS) is 24.7. The fraction of sp³-hybridized carbons (Fsp3) is 0.625. The van der Waals surface area contributed by atoms with Gasteiger partial charge < -0.3 is 24.8 Å². The highest BCUT2D eigenvalue weighted by Crippen LogP contribution is 2.36. The summed E-state index contributed by atoms with van der Waals surface area (Å²) >= 11 is 0. The van der Waals surface area contributed by atoms with Crippen LogP contribution in [0.2, 0.25) is 0 Å². The number of fused-ring (bicyclic) bond motifs is 3. The number of amides is 3. The van der Waals surface area contributed by atoms with Gasteiger partial charge in [0, 0.05) is 77.4 Å². The first-order chi connectivity index (χ1) is 20.5. The van der Waals surface area contributed by atoms with Crippen molar-refractivity contribution in [3.63, 3.8) is 0 Å². The van der Waals surface area contributed by atoms with Crippen LogP contribution in [0.15, 0.2) is 35.1 Å². The van der Waals surface area contributed by atoms with Gasteiger partial charge in [-0.15, -0.1) is 0 Å². The highest BCUT2D eigenvalue weighted by Gasteiger charge is 2.43. The Kier molecular flexibility index (Phi) is 9.41. The van der Waals surface area contributed by atoms with E-state index in [1.807, 2.05) is 45.2 Å². The summed E-state index contributed by atoms with van der Waals surface area (Å²) in [6.45, 7) is 8.34. The lowest BCUT2D eigenvalue weighted by atomic mass is 9.96. The monoisotopic (exact) mass is 594 g/mol. The number of aromatic nitrogens is 1. The van der Waals surface area contributed by atoms with E-state index in [1.165, 1.54) is 0 Å². The van der Waals surface area contributed by atoms with Gasteiger partial charge in [0.15, 0.2) is 0 Å². The van der Waals surface area contributed by atoms with Crippen LogP contribution in [0.5, 0.6) is 0 Å². The highest BCUT2D eigenvalue weighted by atomic mass is 16.6. The molecule has 5 atom stereocenters. The molecule has 3 amide bonds. The Hall–Kier alpha value is -3.44. The topological polar surface area (TPSA) is 116 Å². The van der Waals surface area contributed by atoms with E-state index in [2.05, 4.69) is 20.4 Å². The predicted octanol–water partition coefficient (Wildman–Crippen LogP) is 2.58. The van der Waals surface area contributed by atoms with Gasteiger partial charge in [0.1, 0.15) is 11.7 Å². The molecule has 0 saturated carbocycles. The minimum absolute atomic E-state index is 0.0283. The van der Waals surface area contributed by atoms with Crippen LogP contribution in [0.25, 0.3) is 10.9 Å². The van der Waals surface area contributed by atoms with E-state index < -0.39 is 6.09 Å². The van der Waals surface area contributed by atoms with Crippen molar-refractivity contribution in [2.45, 2.75) is 89.2 Å². The van der Waals surface area contributed by atoms with Gasteiger partial charge in [-0.3, -0.25) is 24.2 Å². The molecule has 2 aromatic rings. The number of rotatable bonds is 9. The third kappa shape index (κ3) is 6.72. The van der Waals surface area contributed by atoms with Crippen LogP contribution >= 0.6 is 0 Å². The third-order valence-corrected chi connectivity index (χ3v) is 9.57. The van der Waals surface area contributed by atoms with Gasteiger partial charge in [0.2, 0.25) is 5.91 Å². The Labute approximate surface area is 253 Å². The molecule has 5 rings (SSSR count). The molecule has 234 valence electrons. The standard InChI is InChI=1S/C32H46N6O5/c1-20(2)38-29-9-7-6-8-22(29)14-28(31(38)41)30(40)34-23-15-24-10-11-25(16-23)37(24)19-27(43-32(42)33-4)18-36-13-12-26(17-36)35(5)21(3)39/h6-9,14,20,23-27H,10-13,15-19H2,1-5H3,(H,33,42)(H,34,40)/t23-,24-,25+,26?,27?. The fourth-order valence-corrected chi connectivity index (χ4v) is 7.33. The van der Waals surface area contributed by atoms with E-state index in [4.69, 9.17) is 4.74 Å². The molecule has 3 fully saturated rings. The molecule has 1 aromatic carbocycles. The number of hydrogen-bond acceptors (Lipinski definition) is 7. The number of carbonyl (C=O) groups is 3. The smallest absolute Gasteiger partial charge is 0.407 e. The van der Waals surface area contributed by atoms with Gasteiger partial charge in [-0.1, -0.05) is 18.2 Å². The van der Waals surface area contributed by atoms with E-state index in [1.54, 1.807) is 29.5 Å². The molecule has 11 nitrogen and oxygen atoms in total. The van der Waals surface area contributed by atoms with E-state index in [9.17, 15) is 19.2 Å². The zero-order chi connectivity index (χ0) is 30.8. The number of likely N-dealkylation sites (tertiary alicyclic amines) is 1. The van der Waals surface area contributed by atoms with Crippen LogP contribution in [0.4, 0.5) is 4.79 Å². The van der Waals surface area contributed by atoms with Crippen molar-refractivity contribution in [2.24, 2.45) is 0 Å². The number of likely N-dealkylation sites (N-methyl/N-ethyl adjacent to an activating group) is 1. The Morgan fingerprint density at radius 1 is 1.07 bits per heavy atom. The van der Waals surface area contributed by atoms with Crippen LogP contribution in [0.1, 0.15) is 69.3 Å². The van der Waals surface area contributed by atoms with E-state index in [0.717, 1.165) is 56.1 Å². The largest absolute Gasteiger partial charge is 0.444 e. The number of piperidine rings is 1. The molecule has 0 spiro atoms. The average Bonchev–Trinajstić information content (AvgIpc) is 3.52. The van der Waals surface area contributed by atoms with Crippen LogP contribution in [-0.4, -0.2) is 108 Å². The number of nitrogens with zero attached hydrogens (tertiary/aromatic N) is 4. The predicted molar refractivity (Wildman–Crippen MR) is 165 cm³/mol. The highest BCUT2D eigenvalue weighted by molar-refractivity contribution is 5.97. The van der Waals surface area contributed by atoms with Crippen LogP contribution in [-0.2, 0) is 9.53 Å². The van der Waals surface area contributed by atoms with Crippen LogP contribution < -0.4 is 16.2 Å². The Morgan fingerprint density at radius 2 is 1.77 bits per heavy atom. The number of para-hydroxylation sites is 1. The van der Waals surface area contributed by atoms with E-state index in [0.29, 0.717) is 13.1 Å². The van der Waals surface area contributed by atoms with Gasteiger partial charge in [-0.25, -0.2) is 4.79 Å². The number of ether oxygens (including phenoxy) is 1. The number of hydrogen-bond donors (Lipinski definition) is 2. The molecule has 43 heavy (non-hydrogen) atoms. The van der Waals surface area contributed by atoms with E-state index >= 15 is 0 Å². The van der Waals surface area contributed by atoms with Crippen molar-refractivity contribution in [2.75, 3.05) is 40.3 Å². The molecule has 0 radical (unpaired) electrons. The molecular weight excluding hydrogens is 548 g/mol. The fourth-order valence-electron chi connectivity index (χ4n) is 7.33. The number of nitrogens with one attached hydrogen (secondary N) is 2. The lowest BCUT2D eigenvalue weighted by Gasteiger charge is -2.41. The molecule has 3 aliphatic heterocycles. The van der Waals surface area contributed by atoms with Crippen molar-refractivity contribution in [1.82, 2.24) is 29.9 Å². The van der Waals surface area contributed by atoms with E-state index in [-0.39, 0.29) is 59.3 Å². The van der Waals surface area contributed by atoms with Crippen molar-refractivity contribution in [3.05, 3.63) is 46.2 Å². The molecule has 0 aliphatic carbocycles. The maximum Gasteiger partial charge on any atom is 0.407 e. The second-order valence-corrected chi connectivity index (χ2v) is 12.7. The zero-order valence-corrected chi connectivity index (χ0v) is 26.0. The molecular formula is C32H46N6O5. The summed E-state index contributed by atoms with van der Waals surface area (Å²) in [5.41, 5.74) is 0.745. The minimum Gasteiger partial charge on any atom is -0.444 e. The first kappa shape index (κ1) is 31.0. The second-order valence-electron chi connectivity index (χ2n) is 12.7. The first-order valence-corrected chi connectivity index (χ1v) is 15.6. The van der Waals surface area contributed by atoms with Crippen LogP contribution in [0, 0.1) is 0 Å². The molecule has 11 heteroatoms. The maximum atomic E-state index is 13.5. The average molecular weight is 595 g/mol. The molecule has 3 aliphatic rings. The summed E-state index contributed by atoms with van der Waals surface area (Å²) in [4.78, 5) is 57.5. The summed E-state index contributed by atoms with van der Waals surface area (Å²) in [7, 11) is 3.41. The maximum absolute atomic E-state index is 13.5. The summed E-state index contributed by atoms with van der Waals surface area (Å²) in [6, 6.07) is 9.98. The summed E-state index contributed by atoms with van der Waals surface area (Å²) in [6.07, 6.45) is 3.76. The summed E-state index contributed by atoms with van der Waals surface area (Å²) < 4.78 is 7.54. The molecule has 2 N–H and O–H groups in total. The van der Waals surface area contributed by atoms with Crippen molar-refractivity contribution in [1.29, 1.82) is 0 Å².